The predicted octanol–water partition coefficient (Wildman–Crippen LogP) is 5.90. The Bertz CT molecular complexity index is 1310. The lowest BCUT2D eigenvalue weighted by Crippen LogP contribution is -2.11. The summed E-state index contributed by atoms with van der Waals surface area (Å²) in [6.07, 6.45) is 4.84. The fourth-order valence-corrected chi connectivity index (χ4v) is 3.75. The van der Waals surface area contributed by atoms with Crippen molar-refractivity contribution in [1.29, 1.82) is 0 Å². The highest BCUT2D eigenvalue weighted by Crippen LogP contribution is 2.40. The maximum Gasteiger partial charge on any atom is 0.343 e. The van der Waals surface area contributed by atoms with Crippen LogP contribution in [0.15, 0.2) is 79.4 Å². The Labute approximate surface area is 227 Å². The van der Waals surface area contributed by atoms with E-state index < -0.39 is 17.9 Å². The van der Waals surface area contributed by atoms with E-state index in [1.165, 1.54) is 43.7 Å². The zero-order valence-electron chi connectivity index (χ0n) is 21.7. The van der Waals surface area contributed by atoms with Crippen LogP contribution in [0.3, 0.4) is 0 Å². The van der Waals surface area contributed by atoms with E-state index in [9.17, 15) is 14.4 Å². The van der Waals surface area contributed by atoms with Crippen LogP contribution >= 0.6 is 0 Å². The van der Waals surface area contributed by atoms with Crippen LogP contribution < -0.4 is 18.9 Å². The second-order valence-corrected chi connectivity index (χ2v) is 8.94. The zero-order valence-corrected chi connectivity index (χ0v) is 21.7. The first-order chi connectivity index (χ1) is 19.0. The zero-order chi connectivity index (χ0) is 27.6. The number of benzene rings is 3. The minimum Gasteiger partial charge on any atom is -0.493 e. The molecule has 4 rings (SSSR count). The second-order valence-electron chi connectivity index (χ2n) is 8.94. The normalized spacial score (nSPS) is 12.2. The SMILES string of the molecule is C=CC(=O)OCCCCOc1ccc(C(=O)Oc2ccc(C(=O)Oc3ccc(C4CC4)cc3)cc2)cc1OC. The molecule has 0 unspecified atom stereocenters. The van der Waals surface area contributed by atoms with Crippen LogP contribution in [0.1, 0.15) is 57.9 Å². The summed E-state index contributed by atoms with van der Waals surface area (Å²) in [6.45, 7) is 4.01. The van der Waals surface area contributed by atoms with Gasteiger partial charge in [0.05, 0.1) is 31.5 Å². The van der Waals surface area contributed by atoms with Gasteiger partial charge in [0.1, 0.15) is 11.5 Å². The number of esters is 3. The maximum absolute atomic E-state index is 12.7. The van der Waals surface area contributed by atoms with E-state index in [0.717, 1.165) is 6.08 Å². The van der Waals surface area contributed by atoms with Gasteiger partial charge in [0.2, 0.25) is 0 Å². The number of hydrogen-bond acceptors (Lipinski definition) is 8. The summed E-state index contributed by atoms with van der Waals surface area (Å²) in [6, 6.07) is 18.5. The van der Waals surface area contributed by atoms with E-state index in [1.807, 2.05) is 12.1 Å². The largest absolute Gasteiger partial charge is 0.493 e. The van der Waals surface area contributed by atoms with Crippen molar-refractivity contribution in [2.45, 2.75) is 31.6 Å². The van der Waals surface area contributed by atoms with E-state index in [-0.39, 0.29) is 17.9 Å². The summed E-state index contributed by atoms with van der Waals surface area (Å²) in [4.78, 5) is 36.2. The third-order valence-corrected chi connectivity index (χ3v) is 6.05. The van der Waals surface area contributed by atoms with Crippen molar-refractivity contribution in [2.24, 2.45) is 0 Å². The van der Waals surface area contributed by atoms with Crippen molar-refractivity contribution in [1.82, 2.24) is 0 Å². The summed E-state index contributed by atoms with van der Waals surface area (Å²) in [5, 5.41) is 0. The van der Waals surface area contributed by atoms with Gasteiger partial charge >= 0.3 is 17.9 Å². The molecule has 8 nitrogen and oxygen atoms in total. The van der Waals surface area contributed by atoms with Gasteiger partial charge in [-0.15, -0.1) is 0 Å². The molecule has 0 radical (unpaired) electrons. The molecule has 0 amide bonds. The smallest absolute Gasteiger partial charge is 0.343 e. The summed E-state index contributed by atoms with van der Waals surface area (Å²) in [7, 11) is 1.48. The average molecular weight is 531 g/mol. The third-order valence-electron chi connectivity index (χ3n) is 6.05. The fourth-order valence-electron chi connectivity index (χ4n) is 3.75. The molecule has 1 fully saturated rings. The molecule has 8 heteroatoms. The molecule has 0 heterocycles. The molecule has 1 aliphatic carbocycles. The van der Waals surface area contributed by atoms with Gasteiger partial charge in [-0.3, -0.25) is 0 Å². The van der Waals surface area contributed by atoms with Crippen LogP contribution in [-0.2, 0) is 9.53 Å². The number of hydrogen-bond donors (Lipinski definition) is 0. The average Bonchev–Trinajstić information content (AvgIpc) is 3.81. The number of ether oxygens (including phenoxy) is 5. The van der Waals surface area contributed by atoms with Crippen LogP contribution in [0.25, 0.3) is 0 Å². The van der Waals surface area contributed by atoms with Gasteiger partial charge < -0.3 is 23.7 Å². The Morgan fingerprint density at radius 1 is 0.795 bits per heavy atom. The lowest BCUT2D eigenvalue weighted by Gasteiger charge is -2.12. The van der Waals surface area contributed by atoms with Crippen molar-refractivity contribution in [3.8, 4) is 23.0 Å². The first-order valence-corrected chi connectivity index (χ1v) is 12.7. The van der Waals surface area contributed by atoms with Crippen molar-refractivity contribution in [3.63, 3.8) is 0 Å². The Morgan fingerprint density at radius 3 is 2.00 bits per heavy atom. The molecule has 202 valence electrons. The highest BCUT2D eigenvalue weighted by molar-refractivity contribution is 5.93. The molecule has 3 aromatic rings. The molecular weight excluding hydrogens is 500 g/mol. The molecule has 3 aromatic carbocycles. The molecular formula is C31H30O8. The highest BCUT2D eigenvalue weighted by Gasteiger charge is 2.23. The molecule has 0 saturated heterocycles. The monoisotopic (exact) mass is 530 g/mol. The molecule has 1 aliphatic rings. The van der Waals surface area contributed by atoms with Crippen LogP contribution in [0.2, 0.25) is 0 Å². The van der Waals surface area contributed by atoms with E-state index in [2.05, 4.69) is 6.58 Å². The number of unbranched alkanes of at least 4 members (excludes halogenated alkanes) is 1. The van der Waals surface area contributed by atoms with E-state index in [1.54, 1.807) is 36.4 Å². The van der Waals surface area contributed by atoms with E-state index in [0.29, 0.717) is 48.2 Å². The summed E-state index contributed by atoms with van der Waals surface area (Å²) in [5.74, 6) is 0.712. The lowest BCUT2D eigenvalue weighted by molar-refractivity contribution is -0.137. The van der Waals surface area contributed by atoms with Crippen LogP contribution in [-0.4, -0.2) is 38.2 Å². The van der Waals surface area contributed by atoms with Crippen molar-refractivity contribution in [2.75, 3.05) is 20.3 Å². The molecule has 39 heavy (non-hydrogen) atoms. The standard InChI is InChI=1S/C31H30O8/c1-3-29(32)37-19-5-4-18-36-27-17-12-24(20-28(27)35-2)31(34)39-26-15-10-23(11-16-26)30(33)38-25-13-8-22(9-14-25)21-6-7-21/h3,8-17,20-21H,1,4-7,18-19H2,2H3. The van der Waals surface area contributed by atoms with Crippen molar-refractivity contribution >= 4 is 17.9 Å². The number of rotatable bonds is 13. The van der Waals surface area contributed by atoms with Gasteiger partial charge in [0.25, 0.3) is 0 Å². The highest BCUT2D eigenvalue weighted by atomic mass is 16.5. The van der Waals surface area contributed by atoms with Gasteiger partial charge in [0.15, 0.2) is 11.5 Å². The Morgan fingerprint density at radius 2 is 1.38 bits per heavy atom. The number of carbonyl (C=O) groups is 3. The third kappa shape index (κ3) is 7.95. The summed E-state index contributed by atoms with van der Waals surface area (Å²) in [5.41, 5.74) is 1.87. The van der Waals surface area contributed by atoms with Crippen molar-refractivity contribution in [3.05, 3.63) is 96.1 Å². The molecule has 0 spiro atoms. The topological polar surface area (TPSA) is 97.4 Å². The maximum atomic E-state index is 12.7. The minimum atomic E-state index is -0.588. The minimum absolute atomic E-state index is 0.272. The molecule has 0 atom stereocenters. The van der Waals surface area contributed by atoms with Gasteiger partial charge in [-0.05, 0) is 91.8 Å². The summed E-state index contributed by atoms with van der Waals surface area (Å²) >= 11 is 0. The van der Waals surface area contributed by atoms with Gasteiger partial charge in [-0.1, -0.05) is 18.7 Å². The fraction of sp³-hybridized carbons (Fsp3) is 0.258. The molecule has 0 N–H and O–H groups in total. The Hall–Kier alpha value is -4.59. The molecule has 0 aliphatic heterocycles. The van der Waals surface area contributed by atoms with Crippen LogP contribution in [0.4, 0.5) is 0 Å². The first kappa shape index (κ1) is 27.4. The summed E-state index contributed by atoms with van der Waals surface area (Å²) < 4.78 is 26.9. The van der Waals surface area contributed by atoms with Gasteiger partial charge in [-0.2, -0.15) is 0 Å². The van der Waals surface area contributed by atoms with Gasteiger partial charge in [-0.25, -0.2) is 14.4 Å². The second kappa shape index (κ2) is 13.3. The van der Waals surface area contributed by atoms with Crippen LogP contribution in [0.5, 0.6) is 23.0 Å². The van der Waals surface area contributed by atoms with Crippen molar-refractivity contribution < 1.29 is 38.1 Å². The van der Waals surface area contributed by atoms with E-state index in [4.69, 9.17) is 23.7 Å². The number of carbonyl (C=O) groups excluding carboxylic acids is 3. The quantitative estimate of drug-likeness (QED) is 0.117. The molecule has 0 bridgehead atoms. The predicted molar refractivity (Wildman–Crippen MR) is 144 cm³/mol. The first-order valence-electron chi connectivity index (χ1n) is 12.7. The number of methoxy groups -OCH3 is 1. The van der Waals surface area contributed by atoms with Gasteiger partial charge in [0, 0.05) is 6.08 Å². The Kier molecular flexibility index (Phi) is 9.34. The lowest BCUT2D eigenvalue weighted by atomic mass is 10.1. The molecule has 0 aromatic heterocycles. The van der Waals surface area contributed by atoms with Crippen LogP contribution in [0, 0.1) is 0 Å². The Balaban J connectivity index is 1.27. The van der Waals surface area contributed by atoms with E-state index >= 15 is 0 Å². The molecule has 1 saturated carbocycles.